The maximum absolute atomic E-state index is 12.4. The van der Waals surface area contributed by atoms with Crippen LogP contribution in [0, 0.1) is 19.8 Å². The summed E-state index contributed by atoms with van der Waals surface area (Å²) in [7, 11) is 0. The Morgan fingerprint density at radius 2 is 2.04 bits per heavy atom. The van der Waals surface area contributed by atoms with Gasteiger partial charge >= 0.3 is 0 Å². The molecule has 1 amide bonds. The summed E-state index contributed by atoms with van der Waals surface area (Å²) in [5, 5.41) is 16.6. The van der Waals surface area contributed by atoms with Crippen molar-refractivity contribution in [1.29, 1.82) is 0 Å². The molecule has 3 rings (SSSR count). The molecule has 10 heteroatoms. The molecule has 0 bridgehead atoms. The first kappa shape index (κ1) is 20.2. The molecule has 0 saturated carbocycles. The van der Waals surface area contributed by atoms with Gasteiger partial charge in [-0.1, -0.05) is 25.6 Å². The first-order chi connectivity index (χ1) is 13.4. The molecule has 1 N–H and O–H groups in total. The lowest BCUT2D eigenvalue weighted by molar-refractivity contribution is 0.0943. The lowest BCUT2D eigenvalue weighted by atomic mass is 10.2. The Bertz CT molecular complexity index is 978. The van der Waals surface area contributed by atoms with Crippen molar-refractivity contribution in [1.82, 2.24) is 39.7 Å². The largest absolute Gasteiger partial charge is 0.349 e. The minimum Gasteiger partial charge on any atom is -0.349 e. The van der Waals surface area contributed by atoms with Gasteiger partial charge in [-0.2, -0.15) is 4.98 Å². The van der Waals surface area contributed by atoms with Gasteiger partial charge in [-0.05, 0) is 38.5 Å². The van der Waals surface area contributed by atoms with E-state index >= 15 is 0 Å². The molecule has 28 heavy (non-hydrogen) atoms. The highest BCUT2D eigenvalue weighted by molar-refractivity contribution is 7.98. The molecule has 0 fully saturated rings. The van der Waals surface area contributed by atoms with E-state index in [9.17, 15) is 4.79 Å². The van der Waals surface area contributed by atoms with Crippen molar-refractivity contribution in [3.05, 3.63) is 29.1 Å². The number of aryl methyl sites for hydroxylation is 3. The molecular formula is C18H26N8OS. The van der Waals surface area contributed by atoms with Gasteiger partial charge in [-0.15, -0.1) is 15.3 Å². The fraction of sp³-hybridized carbons (Fsp3) is 0.556. The summed E-state index contributed by atoms with van der Waals surface area (Å²) in [6.45, 7) is 9.56. The molecule has 9 nitrogen and oxygen atoms in total. The average molecular weight is 403 g/mol. The molecular weight excluding hydrogens is 376 g/mol. The Hall–Kier alpha value is -2.49. The number of fused-ring (bicyclic) bond motifs is 1. The number of rotatable bonds is 8. The van der Waals surface area contributed by atoms with Gasteiger partial charge in [0.2, 0.25) is 5.82 Å². The maximum Gasteiger partial charge on any atom is 0.291 e. The molecule has 0 spiro atoms. The molecule has 0 saturated heterocycles. The number of carbonyl (C=O) groups excluding carboxylic acids is 1. The Kier molecular flexibility index (Phi) is 6.28. The number of thioether (sulfide) groups is 1. The summed E-state index contributed by atoms with van der Waals surface area (Å²) in [4.78, 5) is 20.9. The topological polar surface area (TPSA) is 103 Å². The minimum absolute atomic E-state index is 0.133. The average Bonchev–Trinajstić information content (AvgIpc) is 3.22. The van der Waals surface area contributed by atoms with Crippen LogP contribution in [-0.4, -0.2) is 53.1 Å². The summed E-state index contributed by atoms with van der Waals surface area (Å²) in [6, 6.07) is 1.90. The summed E-state index contributed by atoms with van der Waals surface area (Å²) < 4.78 is 3.75. The second-order valence-corrected chi connectivity index (χ2v) is 7.93. The van der Waals surface area contributed by atoms with Gasteiger partial charge in [0.25, 0.3) is 11.7 Å². The van der Waals surface area contributed by atoms with Crippen LogP contribution in [0.25, 0.3) is 5.78 Å². The first-order valence-corrected chi connectivity index (χ1v) is 10.6. The number of amides is 1. The van der Waals surface area contributed by atoms with Gasteiger partial charge in [-0.25, -0.2) is 9.50 Å². The van der Waals surface area contributed by atoms with E-state index in [1.54, 1.807) is 16.3 Å². The van der Waals surface area contributed by atoms with Crippen LogP contribution in [0.15, 0.2) is 11.2 Å². The Morgan fingerprint density at radius 1 is 1.25 bits per heavy atom. The van der Waals surface area contributed by atoms with Crippen LogP contribution >= 0.6 is 11.8 Å². The van der Waals surface area contributed by atoms with E-state index in [2.05, 4.69) is 49.0 Å². The van der Waals surface area contributed by atoms with E-state index in [4.69, 9.17) is 0 Å². The molecule has 3 heterocycles. The highest BCUT2D eigenvalue weighted by Crippen LogP contribution is 2.16. The van der Waals surface area contributed by atoms with Gasteiger partial charge in [0.1, 0.15) is 5.82 Å². The van der Waals surface area contributed by atoms with E-state index in [1.807, 2.05) is 26.2 Å². The van der Waals surface area contributed by atoms with Gasteiger partial charge in [0, 0.05) is 30.9 Å². The SMILES string of the molecule is CSc1nnc(CCCNC(=O)c2nc3nc(C)cc(C)n3n2)n1CC(C)C. The number of carbonyl (C=O) groups is 1. The quantitative estimate of drug-likeness (QED) is 0.454. The van der Waals surface area contributed by atoms with Crippen LogP contribution in [0.1, 0.15) is 48.1 Å². The molecule has 0 radical (unpaired) electrons. The fourth-order valence-corrected chi connectivity index (χ4v) is 3.52. The normalized spacial score (nSPS) is 11.5. The van der Waals surface area contributed by atoms with Crippen LogP contribution in [0.2, 0.25) is 0 Å². The van der Waals surface area contributed by atoms with Crippen molar-refractivity contribution in [2.24, 2.45) is 5.92 Å². The predicted molar refractivity (Wildman–Crippen MR) is 108 cm³/mol. The van der Waals surface area contributed by atoms with Crippen molar-refractivity contribution in [2.45, 2.75) is 52.2 Å². The van der Waals surface area contributed by atoms with Crippen molar-refractivity contribution in [2.75, 3.05) is 12.8 Å². The third-order valence-electron chi connectivity index (χ3n) is 4.21. The minimum atomic E-state index is -0.295. The second-order valence-electron chi connectivity index (χ2n) is 7.15. The van der Waals surface area contributed by atoms with E-state index in [0.717, 1.165) is 41.8 Å². The molecule has 0 aliphatic heterocycles. The van der Waals surface area contributed by atoms with Crippen LogP contribution < -0.4 is 5.32 Å². The standard InChI is InChI=1S/C18H26N8OS/c1-11(2)10-25-14(22-23-18(25)28-5)7-6-8-19-16(27)15-21-17-20-12(3)9-13(4)26(17)24-15/h9,11H,6-8,10H2,1-5H3,(H,19,27). The highest BCUT2D eigenvalue weighted by atomic mass is 32.2. The summed E-state index contributed by atoms with van der Waals surface area (Å²) >= 11 is 1.60. The molecule has 0 atom stereocenters. The predicted octanol–water partition coefficient (Wildman–Crippen LogP) is 2.07. The molecule has 150 valence electrons. The Morgan fingerprint density at radius 3 is 2.75 bits per heavy atom. The maximum atomic E-state index is 12.4. The summed E-state index contributed by atoms with van der Waals surface area (Å²) in [5.41, 5.74) is 1.74. The fourth-order valence-electron chi connectivity index (χ4n) is 2.99. The smallest absolute Gasteiger partial charge is 0.291 e. The first-order valence-electron chi connectivity index (χ1n) is 9.34. The Labute approximate surface area is 168 Å². The summed E-state index contributed by atoms with van der Waals surface area (Å²) in [5.74, 6) is 1.74. The van der Waals surface area contributed by atoms with Crippen LogP contribution in [0.3, 0.4) is 0 Å². The third-order valence-corrected chi connectivity index (χ3v) is 4.88. The van der Waals surface area contributed by atoms with Crippen molar-refractivity contribution in [3.63, 3.8) is 0 Å². The number of nitrogens with zero attached hydrogens (tertiary/aromatic N) is 7. The zero-order chi connectivity index (χ0) is 20.3. The highest BCUT2D eigenvalue weighted by Gasteiger charge is 2.15. The van der Waals surface area contributed by atoms with Crippen LogP contribution in [-0.2, 0) is 13.0 Å². The van der Waals surface area contributed by atoms with Gasteiger partial charge in [-0.3, -0.25) is 4.79 Å². The van der Waals surface area contributed by atoms with E-state index in [-0.39, 0.29) is 11.7 Å². The van der Waals surface area contributed by atoms with Crippen LogP contribution in [0.5, 0.6) is 0 Å². The van der Waals surface area contributed by atoms with Crippen molar-refractivity contribution >= 4 is 23.4 Å². The lowest BCUT2D eigenvalue weighted by Crippen LogP contribution is -2.26. The van der Waals surface area contributed by atoms with Crippen molar-refractivity contribution < 1.29 is 4.79 Å². The molecule has 0 aliphatic rings. The number of hydrogen-bond acceptors (Lipinski definition) is 7. The molecule has 0 aliphatic carbocycles. The van der Waals surface area contributed by atoms with E-state index in [1.165, 1.54) is 0 Å². The number of hydrogen-bond donors (Lipinski definition) is 1. The second kappa shape index (κ2) is 8.68. The summed E-state index contributed by atoms with van der Waals surface area (Å²) in [6.07, 6.45) is 3.52. The zero-order valence-electron chi connectivity index (χ0n) is 16.9. The van der Waals surface area contributed by atoms with Gasteiger partial charge in [0.05, 0.1) is 0 Å². The molecule has 3 aromatic heterocycles. The molecule has 0 unspecified atom stereocenters. The number of nitrogens with one attached hydrogen (secondary N) is 1. The van der Waals surface area contributed by atoms with Gasteiger partial charge < -0.3 is 9.88 Å². The van der Waals surface area contributed by atoms with Crippen LogP contribution in [0.4, 0.5) is 0 Å². The van der Waals surface area contributed by atoms with E-state index in [0.29, 0.717) is 18.2 Å². The van der Waals surface area contributed by atoms with Gasteiger partial charge in [0.15, 0.2) is 5.16 Å². The third kappa shape index (κ3) is 4.49. The molecule has 0 aromatic carbocycles. The number of aromatic nitrogens is 7. The monoisotopic (exact) mass is 402 g/mol. The zero-order valence-corrected chi connectivity index (χ0v) is 17.7. The van der Waals surface area contributed by atoms with Crippen molar-refractivity contribution in [3.8, 4) is 0 Å². The van der Waals surface area contributed by atoms with E-state index < -0.39 is 0 Å². The lowest BCUT2D eigenvalue weighted by Gasteiger charge is -2.11. The molecule has 3 aromatic rings. The Balaban J connectivity index is 1.58.